The van der Waals surface area contributed by atoms with Gasteiger partial charge in [-0.15, -0.1) is 0 Å². The largest absolute Gasteiger partial charge is 0.325 e. The van der Waals surface area contributed by atoms with Gasteiger partial charge in [0.05, 0.1) is 6.54 Å². The Morgan fingerprint density at radius 3 is 2.68 bits per heavy atom. The van der Waals surface area contributed by atoms with Gasteiger partial charge in [0.1, 0.15) is 11.6 Å². The number of hydrogen-bond acceptors (Lipinski definition) is 2. The monoisotopic (exact) mass is 368 g/mol. The van der Waals surface area contributed by atoms with Gasteiger partial charge in [-0.2, -0.15) is 0 Å². The number of carbonyl (C=O) groups is 1. The SMILES string of the molecule is C[C@@H](NCC(=O)Nc1cccc(Br)c1)c1ccc(F)cc1F. The van der Waals surface area contributed by atoms with E-state index in [1.807, 2.05) is 12.1 Å². The summed E-state index contributed by atoms with van der Waals surface area (Å²) in [7, 11) is 0. The van der Waals surface area contributed by atoms with Gasteiger partial charge in [0, 0.05) is 27.8 Å². The topological polar surface area (TPSA) is 41.1 Å². The van der Waals surface area contributed by atoms with Crippen LogP contribution in [0.15, 0.2) is 46.9 Å². The van der Waals surface area contributed by atoms with E-state index in [4.69, 9.17) is 0 Å². The Morgan fingerprint density at radius 2 is 2.00 bits per heavy atom. The molecule has 0 heterocycles. The third kappa shape index (κ3) is 4.61. The molecule has 1 amide bonds. The molecule has 0 bridgehead atoms. The molecule has 0 fully saturated rings. The second-order valence-electron chi connectivity index (χ2n) is 4.83. The average molecular weight is 369 g/mol. The second kappa shape index (κ2) is 7.47. The lowest BCUT2D eigenvalue weighted by Crippen LogP contribution is -2.30. The average Bonchev–Trinajstić information content (AvgIpc) is 2.45. The van der Waals surface area contributed by atoms with E-state index in [2.05, 4.69) is 26.6 Å². The van der Waals surface area contributed by atoms with E-state index in [0.717, 1.165) is 10.5 Å². The fraction of sp³-hybridized carbons (Fsp3) is 0.188. The molecular weight excluding hydrogens is 354 g/mol. The molecule has 0 radical (unpaired) electrons. The van der Waals surface area contributed by atoms with Gasteiger partial charge in [0.2, 0.25) is 5.91 Å². The van der Waals surface area contributed by atoms with E-state index < -0.39 is 17.7 Å². The molecule has 2 aromatic rings. The first-order valence-corrected chi connectivity index (χ1v) is 7.49. The van der Waals surface area contributed by atoms with Crippen molar-refractivity contribution in [2.45, 2.75) is 13.0 Å². The van der Waals surface area contributed by atoms with Crippen LogP contribution in [0.3, 0.4) is 0 Å². The lowest BCUT2D eigenvalue weighted by molar-refractivity contribution is -0.115. The van der Waals surface area contributed by atoms with Gasteiger partial charge in [-0.25, -0.2) is 8.78 Å². The van der Waals surface area contributed by atoms with Crippen LogP contribution in [-0.4, -0.2) is 12.5 Å². The molecule has 0 aliphatic rings. The summed E-state index contributed by atoms with van der Waals surface area (Å²) in [6, 6.07) is 10.2. The molecule has 2 rings (SSSR count). The summed E-state index contributed by atoms with van der Waals surface area (Å²) in [5, 5.41) is 5.64. The van der Waals surface area contributed by atoms with Crippen LogP contribution in [0.2, 0.25) is 0 Å². The third-order valence-electron chi connectivity index (χ3n) is 3.11. The van der Waals surface area contributed by atoms with Crippen molar-refractivity contribution in [1.29, 1.82) is 0 Å². The standard InChI is InChI=1S/C16H15BrF2N2O/c1-10(14-6-5-12(18)8-15(14)19)20-9-16(22)21-13-4-2-3-11(17)7-13/h2-8,10,20H,9H2,1H3,(H,21,22)/t10-/m1/s1. The number of halogens is 3. The van der Waals surface area contributed by atoms with Crippen LogP contribution in [0.4, 0.5) is 14.5 Å². The van der Waals surface area contributed by atoms with Crippen LogP contribution in [0.1, 0.15) is 18.5 Å². The van der Waals surface area contributed by atoms with Crippen molar-refractivity contribution >= 4 is 27.5 Å². The molecule has 116 valence electrons. The van der Waals surface area contributed by atoms with Crippen molar-refractivity contribution in [3.8, 4) is 0 Å². The zero-order valence-electron chi connectivity index (χ0n) is 11.9. The molecule has 3 nitrogen and oxygen atoms in total. The molecule has 0 aliphatic carbocycles. The Balaban J connectivity index is 1.90. The lowest BCUT2D eigenvalue weighted by atomic mass is 10.1. The van der Waals surface area contributed by atoms with Gasteiger partial charge >= 0.3 is 0 Å². The number of anilines is 1. The maximum absolute atomic E-state index is 13.6. The van der Waals surface area contributed by atoms with Crippen molar-refractivity contribution in [2.75, 3.05) is 11.9 Å². The van der Waals surface area contributed by atoms with Gasteiger partial charge in [-0.05, 0) is 31.2 Å². The van der Waals surface area contributed by atoms with Crippen molar-refractivity contribution in [3.05, 3.63) is 64.1 Å². The second-order valence-corrected chi connectivity index (χ2v) is 5.74. The fourth-order valence-corrected chi connectivity index (χ4v) is 2.38. The Bertz CT molecular complexity index is 679. The van der Waals surface area contributed by atoms with E-state index in [1.54, 1.807) is 19.1 Å². The molecular formula is C16H15BrF2N2O. The summed E-state index contributed by atoms with van der Waals surface area (Å²) in [5.74, 6) is -1.50. The number of rotatable bonds is 5. The predicted molar refractivity (Wildman–Crippen MR) is 85.5 cm³/mol. The molecule has 22 heavy (non-hydrogen) atoms. The summed E-state index contributed by atoms with van der Waals surface area (Å²) < 4.78 is 27.4. The summed E-state index contributed by atoms with van der Waals surface area (Å²) >= 11 is 3.32. The van der Waals surface area contributed by atoms with Gasteiger partial charge in [-0.3, -0.25) is 4.79 Å². The lowest BCUT2D eigenvalue weighted by Gasteiger charge is -2.15. The van der Waals surface area contributed by atoms with Crippen molar-refractivity contribution in [2.24, 2.45) is 0 Å². The van der Waals surface area contributed by atoms with E-state index in [9.17, 15) is 13.6 Å². The highest BCUT2D eigenvalue weighted by Crippen LogP contribution is 2.18. The zero-order valence-corrected chi connectivity index (χ0v) is 13.5. The molecule has 0 aliphatic heterocycles. The Morgan fingerprint density at radius 1 is 1.23 bits per heavy atom. The zero-order chi connectivity index (χ0) is 16.1. The Labute approximate surface area is 135 Å². The molecule has 6 heteroatoms. The highest BCUT2D eigenvalue weighted by molar-refractivity contribution is 9.10. The predicted octanol–water partition coefficient (Wildman–Crippen LogP) is 4.02. The summed E-state index contributed by atoms with van der Waals surface area (Å²) in [5.41, 5.74) is 0.985. The minimum atomic E-state index is -0.632. The van der Waals surface area contributed by atoms with Crippen LogP contribution in [-0.2, 0) is 4.79 Å². The van der Waals surface area contributed by atoms with Crippen LogP contribution in [0.25, 0.3) is 0 Å². The van der Waals surface area contributed by atoms with Gasteiger partial charge < -0.3 is 10.6 Å². The first-order chi connectivity index (χ1) is 10.5. The van der Waals surface area contributed by atoms with Crippen LogP contribution in [0, 0.1) is 11.6 Å². The van der Waals surface area contributed by atoms with Crippen molar-refractivity contribution in [1.82, 2.24) is 5.32 Å². The molecule has 2 aromatic carbocycles. The van der Waals surface area contributed by atoms with E-state index in [-0.39, 0.29) is 12.5 Å². The van der Waals surface area contributed by atoms with Crippen LogP contribution < -0.4 is 10.6 Å². The van der Waals surface area contributed by atoms with Gasteiger partial charge in [0.25, 0.3) is 0 Å². The number of hydrogen-bond donors (Lipinski definition) is 2. The molecule has 1 atom stereocenters. The van der Waals surface area contributed by atoms with Crippen LogP contribution >= 0.6 is 15.9 Å². The van der Waals surface area contributed by atoms with E-state index in [0.29, 0.717) is 11.3 Å². The normalized spacial score (nSPS) is 12.0. The Kier molecular flexibility index (Phi) is 5.63. The van der Waals surface area contributed by atoms with Crippen LogP contribution in [0.5, 0.6) is 0 Å². The van der Waals surface area contributed by atoms with Gasteiger partial charge in [-0.1, -0.05) is 28.1 Å². The fourth-order valence-electron chi connectivity index (χ4n) is 1.98. The number of carbonyl (C=O) groups excluding carboxylic acids is 1. The van der Waals surface area contributed by atoms with E-state index in [1.165, 1.54) is 12.1 Å². The summed E-state index contributed by atoms with van der Waals surface area (Å²) in [6.45, 7) is 1.73. The molecule has 0 aromatic heterocycles. The number of nitrogens with one attached hydrogen (secondary N) is 2. The van der Waals surface area contributed by atoms with Gasteiger partial charge in [0.15, 0.2) is 0 Å². The molecule has 0 spiro atoms. The smallest absolute Gasteiger partial charge is 0.238 e. The molecule has 0 unspecified atom stereocenters. The van der Waals surface area contributed by atoms with Crippen molar-refractivity contribution < 1.29 is 13.6 Å². The quantitative estimate of drug-likeness (QED) is 0.836. The maximum Gasteiger partial charge on any atom is 0.238 e. The highest BCUT2D eigenvalue weighted by Gasteiger charge is 2.12. The number of benzene rings is 2. The summed E-state index contributed by atoms with van der Waals surface area (Å²) in [4.78, 5) is 11.9. The number of amides is 1. The highest BCUT2D eigenvalue weighted by atomic mass is 79.9. The Hall–Kier alpha value is -1.79. The summed E-state index contributed by atoms with van der Waals surface area (Å²) in [6.07, 6.45) is 0. The first-order valence-electron chi connectivity index (χ1n) is 6.69. The van der Waals surface area contributed by atoms with E-state index >= 15 is 0 Å². The molecule has 0 saturated carbocycles. The molecule has 2 N–H and O–H groups in total. The maximum atomic E-state index is 13.6. The minimum Gasteiger partial charge on any atom is -0.325 e. The minimum absolute atomic E-state index is 0.0183. The van der Waals surface area contributed by atoms with Crippen molar-refractivity contribution in [3.63, 3.8) is 0 Å². The first kappa shape index (κ1) is 16.6. The third-order valence-corrected chi connectivity index (χ3v) is 3.60. The molecule has 0 saturated heterocycles.